The van der Waals surface area contributed by atoms with Gasteiger partial charge in [0.1, 0.15) is 5.82 Å². The molecule has 1 atom stereocenters. The SMILES string of the molecule is CCN(CC)c1ccc(CNC(=NC)NCC(C)c2ccsc2)cn1. The van der Waals surface area contributed by atoms with Crippen LogP contribution in [0.15, 0.2) is 40.1 Å². The first-order valence-electron chi connectivity index (χ1n) is 8.84. The average Bonchev–Trinajstić information content (AvgIpc) is 3.18. The molecule has 5 nitrogen and oxygen atoms in total. The second-order valence-corrected chi connectivity index (χ2v) is 6.74. The van der Waals surface area contributed by atoms with Crippen molar-refractivity contribution in [3.8, 4) is 0 Å². The molecule has 0 aromatic carbocycles. The maximum absolute atomic E-state index is 4.56. The van der Waals surface area contributed by atoms with Crippen LogP contribution < -0.4 is 15.5 Å². The highest BCUT2D eigenvalue weighted by atomic mass is 32.1. The molecule has 6 heteroatoms. The Balaban J connectivity index is 1.82. The molecule has 136 valence electrons. The second kappa shape index (κ2) is 10.0. The molecule has 2 aromatic rings. The van der Waals surface area contributed by atoms with E-state index >= 15 is 0 Å². The fraction of sp³-hybridized carbons (Fsp3) is 0.474. The van der Waals surface area contributed by atoms with Gasteiger partial charge in [-0.25, -0.2) is 4.98 Å². The lowest BCUT2D eigenvalue weighted by Gasteiger charge is -2.20. The maximum Gasteiger partial charge on any atom is 0.191 e. The fourth-order valence-electron chi connectivity index (χ4n) is 2.59. The van der Waals surface area contributed by atoms with Crippen molar-refractivity contribution in [3.05, 3.63) is 46.3 Å². The quantitative estimate of drug-likeness (QED) is 0.560. The molecule has 0 aliphatic heterocycles. The van der Waals surface area contributed by atoms with E-state index in [9.17, 15) is 0 Å². The number of rotatable bonds is 8. The first kappa shape index (κ1) is 19.2. The van der Waals surface area contributed by atoms with E-state index in [-0.39, 0.29) is 0 Å². The van der Waals surface area contributed by atoms with E-state index in [0.717, 1.165) is 37.0 Å². The van der Waals surface area contributed by atoms with Crippen LogP contribution in [0.3, 0.4) is 0 Å². The third-order valence-corrected chi connectivity index (χ3v) is 4.97. The zero-order valence-corrected chi connectivity index (χ0v) is 16.4. The molecule has 0 fully saturated rings. The van der Waals surface area contributed by atoms with Gasteiger partial charge in [-0.05, 0) is 53.8 Å². The van der Waals surface area contributed by atoms with Gasteiger partial charge in [-0.15, -0.1) is 0 Å². The van der Waals surface area contributed by atoms with Gasteiger partial charge in [-0.1, -0.05) is 13.0 Å². The van der Waals surface area contributed by atoms with Crippen LogP contribution in [-0.4, -0.2) is 37.6 Å². The number of thiophene rings is 1. The summed E-state index contributed by atoms with van der Waals surface area (Å²) in [5.41, 5.74) is 2.51. The lowest BCUT2D eigenvalue weighted by Crippen LogP contribution is -2.38. The van der Waals surface area contributed by atoms with E-state index in [1.165, 1.54) is 5.56 Å². The Morgan fingerprint density at radius 2 is 2.04 bits per heavy atom. The Morgan fingerprint density at radius 1 is 1.24 bits per heavy atom. The van der Waals surface area contributed by atoms with Gasteiger partial charge >= 0.3 is 0 Å². The number of hydrogen-bond acceptors (Lipinski definition) is 4. The third-order valence-electron chi connectivity index (χ3n) is 4.27. The van der Waals surface area contributed by atoms with Crippen LogP contribution >= 0.6 is 11.3 Å². The molecule has 0 bridgehead atoms. The van der Waals surface area contributed by atoms with E-state index < -0.39 is 0 Å². The van der Waals surface area contributed by atoms with Crippen LogP contribution in [0.5, 0.6) is 0 Å². The molecular formula is C19H29N5S. The van der Waals surface area contributed by atoms with E-state index in [2.05, 4.69) is 75.2 Å². The molecule has 0 radical (unpaired) electrons. The Bertz CT molecular complexity index is 632. The number of pyridine rings is 1. The highest BCUT2D eigenvalue weighted by molar-refractivity contribution is 7.07. The predicted octanol–water partition coefficient (Wildman–Crippen LogP) is 3.46. The van der Waals surface area contributed by atoms with E-state index in [0.29, 0.717) is 12.5 Å². The Labute approximate surface area is 155 Å². The molecule has 1 unspecified atom stereocenters. The minimum atomic E-state index is 0.458. The Morgan fingerprint density at radius 3 is 2.60 bits per heavy atom. The summed E-state index contributed by atoms with van der Waals surface area (Å²) in [6.45, 7) is 10.0. The highest BCUT2D eigenvalue weighted by Crippen LogP contribution is 2.17. The van der Waals surface area contributed by atoms with Gasteiger partial charge in [0.25, 0.3) is 0 Å². The number of aliphatic imine (C=N–C) groups is 1. The topological polar surface area (TPSA) is 52.5 Å². The molecule has 0 aliphatic rings. The molecule has 0 saturated heterocycles. The average molecular weight is 360 g/mol. The molecule has 2 N–H and O–H groups in total. The molecular weight excluding hydrogens is 330 g/mol. The predicted molar refractivity (Wildman–Crippen MR) is 109 cm³/mol. The van der Waals surface area contributed by atoms with Crippen LogP contribution in [0, 0.1) is 0 Å². The Kier molecular flexibility index (Phi) is 7.73. The van der Waals surface area contributed by atoms with Crippen molar-refractivity contribution in [1.29, 1.82) is 0 Å². The highest BCUT2D eigenvalue weighted by Gasteiger charge is 2.07. The van der Waals surface area contributed by atoms with Crippen molar-refractivity contribution in [2.45, 2.75) is 33.2 Å². The van der Waals surface area contributed by atoms with Crippen molar-refractivity contribution in [2.75, 3.05) is 31.6 Å². The molecule has 2 heterocycles. The number of guanidine groups is 1. The van der Waals surface area contributed by atoms with Gasteiger partial charge in [0.2, 0.25) is 0 Å². The molecule has 0 spiro atoms. The monoisotopic (exact) mass is 359 g/mol. The van der Waals surface area contributed by atoms with Crippen LogP contribution in [0.25, 0.3) is 0 Å². The molecule has 25 heavy (non-hydrogen) atoms. The summed E-state index contributed by atoms with van der Waals surface area (Å²) >= 11 is 1.74. The normalized spacial score (nSPS) is 12.7. The zero-order valence-electron chi connectivity index (χ0n) is 15.6. The van der Waals surface area contributed by atoms with Gasteiger partial charge in [0, 0.05) is 39.4 Å². The fourth-order valence-corrected chi connectivity index (χ4v) is 3.37. The molecule has 0 aliphatic carbocycles. The van der Waals surface area contributed by atoms with Gasteiger partial charge in [-0.2, -0.15) is 11.3 Å². The van der Waals surface area contributed by atoms with Crippen molar-refractivity contribution >= 4 is 23.1 Å². The minimum Gasteiger partial charge on any atom is -0.357 e. The number of anilines is 1. The lowest BCUT2D eigenvalue weighted by atomic mass is 10.1. The standard InChI is InChI=1S/C19H29N5S/c1-5-24(6-2)18-8-7-16(12-21-18)13-23-19(20-4)22-11-15(3)17-9-10-25-14-17/h7-10,12,14-15H,5-6,11,13H2,1-4H3,(H2,20,22,23). The first-order valence-corrected chi connectivity index (χ1v) is 9.78. The summed E-state index contributed by atoms with van der Waals surface area (Å²) in [4.78, 5) is 11.1. The van der Waals surface area contributed by atoms with E-state index in [4.69, 9.17) is 0 Å². The zero-order chi connectivity index (χ0) is 18.1. The van der Waals surface area contributed by atoms with E-state index in [1.54, 1.807) is 18.4 Å². The van der Waals surface area contributed by atoms with Gasteiger partial charge in [-0.3, -0.25) is 4.99 Å². The number of nitrogens with zero attached hydrogens (tertiary/aromatic N) is 3. The van der Waals surface area contributed by atoms with Crippen LogP contribution in [0.2, 0.25) is 0 Å². The van der Waals surface area contributed by atoms with Crippen molar-refractivity contribution in [1.82, 2.24) is 15.6 Å². The number of hydrogen-bond donors (Lipinski definition) is 2. The van der Waals surface area contributed by atoms with Crippen LogP contribution in [0.4, 0.5) is 5.82 Å². The van der Waals surface area contributed by atoms with Crippen molar-refractivity contribution in [2.24, 2.45) is 4.99 Å². The van der Waals surface area contributed by atoms with Crippen LogP contribution in [0.1, 0.15) is 37.8 Å². The van der Waals surface area contributed by atoms with E-state index in [1.807, 2.05) is 6.20 Å². The summed E-state index contributed by atoms with van der Waals surface area (Å²) in [6.07, 6.45) is 1.93. The molecule has 2 aromatic heterocycles. The summed E-state index contributed by atoms with van der Waals surface area (Å²) in [6, 6.07) is 6.38. The molecule has 0 amide bonds. The largest absolute Gasteiger partial charge is 0.357 e. The maximum atomic E-state index is 4.56. The van der Waals surface area contributed by atoms with Crippen molar-refractivity contribution < 1.29 is 0 Å². The molecule has 0 saturated carbocycles. The Hall–Kier alpha value is -2.08. The van der Waals surface area contributed by atoms with Gasteiger partial charge in [0.15, 0.2) is 5.96 Å². The van der Waals surface area contributed by atoms with Gasteiger partial charge in [0.05, 0.1) is 0 Å². The number of aromatic nitrogens is 1. The lowest BCUT2D eigenvalue weighted by molar-refractivity contribution is 0.700. The summed E-state index contributed by atoms with van der Waals surface area (Å²) in [5, 5.41) is 11.1. The summed E-state index contributed by atoms with van der Waals surface area (Å²) in [7, 11) is 1.80. The molecule has 2 rings (SSSR count). The summed E-state index contributed by atoms with van der Waals surface area (Å²) in [5.74, 6) is 2.30. The third kappa shape index (κ3) is 5.74. The van der Waals surface area contributed by atoms with Gasteiger partial charge < -0.3 is 15.5 Å². The van der Waals surface area contributed by atoms with Crippen LogP contribution in [-0.2, 0) is 6.54 Å². The smallest absolute Gasteiger partial charge is 0.191 e. The minimum absolute atomic E-state index is 0.458. The number of nitrogens with one attached hydrogen (secondary N) is 2. The summed E-state index contributed by atoms with van der Waals surface area (Å²) < 4.78 is 0. The first-order chi connectivity index (χ1) is 12.2. The van der Waals surface area contributed by atoms with Crippen molar-refractivity contribution in [3.63, 3.8) is 0 Å². The second-order valence-electron chi connectivity index (χ2n) is 5.96.